The second kappa shape index (κ2) is 4.62. The zero-order valence-corrected chi connectivity index (χ0v) is 11.6. The molecule has 5 nitrogen and oxygen atoms in total. The summed E-state index contributed by atoms with van der Waals surface area (Å²) in [5, 5.41) is 4.87. The quantitative estimate of drug-likeness (QED) is 0.736. The number of aryl methyl sites for hydroxylation is 1. The van der Waals surface area contributed by atoms with Gasteiger partial charge in [-0.2, -0.15) is 5.10 Å². The van der Waals surface area contributed by atoms with E-state index in [4.69, 9.17) is 0 Å². The Bertz CT molecular complexity index is 757. The van der Waals surface area contributed by atoms with E-state index in [1.807, 2.05) is 36.9 Å². The number of hydrogen-bond donors (Lipinski definition) is 0. The van der Waals surface area contributed by atoms with Gasteiger partial charge >= 0.3 is 0 Å². The van der Waals surface area contributed by atoms with Crippen molar-refractivity contribution in [2.45, 2.75) is 26.4 Å². The molecule has 19 heavy (non-hydrogen) atoms. The van der Waals surface area contributed by atoms with E-state index in [-0.39, 0.29) is 11.6 Å². The summed E-state index contributed by atoms with van der Waals surface area (Å²) in [5.41, 5.74) is 0.0222. The summed E-state index contributed by atoms with van der Waals surface area (Å²) in [6.45, 7) is 4.64. The first-order valence-electron chi connectivity index (χ1n) is 6.10. The topological polar surface area (TPSA) is 52.7 Å². The van der Waals surface area contributed by atoms with Crippen molar-refractivity contribution < 1.29 is 0 Å². The fourth-order valence-electron chi connectivity index (χ4n) is 2.14. The molecule has 0 aliphatic rings. The number of nitrogens with zero attached hydrogens (tertiary/aromatic N) is 4. The molecule has 3 heterocycles. The van der Waals surface area contributed by atoms with Gasteiger partial charge in [0, 0.05) is 17.3 Å². The summed E-state index contributed by atoms with van der Waals surface area (Å²) in [5.74, 6) is 0. The van der Waals surface area contributed by atoms with Gasteiger partial charge in [0.2, 0.25) is 0 Å². The van der Waals surface area contributed by atoms with E-state index < -0.39 is 0 Å². The summed E-state index contributed by atoms with van der Waals surface area (Å²) >= 11 is 1.55. The predicted octanol–water partition coefficient (Wildman–Crippen LogP) is 2.22. The van der Waals surface area contributed by atoms with Crippen molar-refractivity contribution in [3.63, 3.8) is 0 Å². The van der Waals surface area contributed by atoms with Crippen LogP contribution < -0.4 is 5.56 Å². The minimum atomic E-state index is 0.0181. The van der Waals surface area contributed by atoms with E-state index in [9.17, 15) is 4.79 Å². The highest BCUT2D eigenvalue weighted by Crippen LogP contribution is 2.20. The van der Waals surface area contributed by atoms with Crippen LogP contribution in [0.1, 0.15) is 17.8 Å². The average Bonchev–Trinajstić information content (AvgIpc) is 2.98. The van der Waals surface area contributed by atoms with Crippen molar-refractivity contribution in [1.29, 1.82) is 0 Å². The zero-order chi connectivity index (χ0) is 13.4. The molecule has 3 rings (SSSR count). The third-order valence-electron chi connectivity index (χ3n) is 3.09. The fourth-order valence-corrected chi connectivity index (χ4v) is 2.98. The Kier molecular flexibility index (Phi) is 2.94. The molecule has 0 radical (unpaired) electrons. The normalized spacial score (nSPS) is 12.9. The summed E-state index contributed by atoms with van der Waals surface area (Å²) in [6, 6.07) is 3.80. The van der Waals surface area contributed by atoms with Crippen molar-refractivity contribution in [2.75, 3.05) is 0 Å². The van der Waals surface area contributed by atoms with Crippen LogP contribution in [0.3, 0.4) is 0 Å². The third-order valence-corrected chi connectivity index (χ3v) is 4.04. The number of thiophene rings is 1. The van der Waals surface area contributed by atoms with Gasteiger partial charge in [-0.3, -0.25) is 14.0 Å². The maximum absolute atomic E-state index is 12.4. The smallest absolute Gasteiger partial charge is 0.262 e. The zero-order valence-electron chi connectivity index (χ0n) is 10.8. The molecule has 3 aromatic heterocycles. The van der Waals surface area contributed by atoms with Crippen LogP contribution in [0.15, 0.2) is 35.6 Å². The van der Waals surface area contributed by atoms with Crippen LogP contribution in [0, 0.1) is 6.92 Å². The molecule has 3 aromatic rings. The van der Waals surface area contributed by atoms with Crippen LogP contribution in [0.25, 0.3) is 10.2 Å². The summed E-state index contributed by atoms with van der Waals surface area (Å²) < 4.78 is 3.50. The standard InChI is InChI=1S/C13H14N4OS/c1-9(7-16-5-3-4-15-16)17-8-14-12-11(13(17)18)6-10(2)19-12/h3-6,8-9H,7H2,1-2H3/t9-/m1/s1. The summed E-state index contributed by atoms with van der Waals surface area (Å²) in [6.07, 6.45) is 5.26. The largest absolute Gasteiger partial charge is 0.294 e. The van der Waals surface area contributed by atoms with Gasteiger partial charge in [-0.05, 0) is 26.0 Å². The number of rotatable bonds is 3. The van der Waals surface area contributed by atoms with Gasteiger partial charge in [-0.1, -0.05) is 0 Å². The molecular formula is C13H14N4OS. The Morgan fingerprint density at radius 3 is 3.05 bits per heavy atom. The van der Waals surface area contributed by atoms with Crippen molar-refractivity contribution in [2.24, 2.45) is 0 Å². The predicted molar refractivity (Wildman–Crippen MR) is 75.6 cm³/mol. The van der Waals surface area contributed by atoms with E-state index in [2.05, 4.69) is 10.1 Å². The SMILES string of the molecule is Cc1cc2c(=O)n([C@H](C)Cn3cccn3)cnc2s1. The molecule has 98 valence electrons. The van der Waals surface area contributed by atoms with Crippen molar-refractivity contribution in [1.82, 2.24) is 19.3 Å². The van der Waals surface area contributed by atoms with Crippen molar-refractivity contribution in [3.8, 4) is 0 Å². The first-order valence-corrected chi connectivity index (χ1v) is 6.91. The molecule has 0 saturated heterocycles. The summed E-state index contributed by atoms with van der Waals surface area (Å²) in [7, 11) is 0. The van der Waals surface area contributed by atoms with Gasteiger partial charge in [0.15, 0.2) is 0 Å². The molecule has 0 aromatic carbocycles. The van der Waals surface area contributed by atoms with Gasteiger partial charge < -0.3 is 0 Å². The van der Waals surface area contributed by atoms with Crippen molar-refractivity contribution >= 4 is 21.6 Å². The molecule has 0 aliphatic heterocycles. The van der Waals surface area contributed by atoms with Gasteiger partial charge in [-0.25, -0.2) is 4.98 Å². The van der Waals surface area contributed by atoms with E-state index in [0.717, 1.165) is 9.71 Å². The van der Waals surface area contributed by atoms with Crippen molar-refractivity contribution in [3.05, 3.63) is 46.1 Å². The lowest BCUT2D eigenvalue weighted by molar-refractivity contribution is 0.426. The number of hydrogen-bond acceptors (Lipinski definition) is 4. The first kappa shape index (κ1) is 12.1. The molecule has 0 spiro atoms. The molecule has 0 bridgehead atoms. The molecule has 6 heteroatoms. The third kappa shape index (κ3) is 2.19. The molecule has 0 aliphatic carbocycles. The Labute approximate surface area is 114 Å². The number of aromatic nitrogens is 4. The van der Waals surface area contributed by atoms with E-state index in [1.165, 1.54) is 0 Å². The second-order valence-electron chi connectivity index (χ2n) is 4.61. The Morgan fingerprint density at radius 1 is 1.47 bits per heavy atom. The lowest BCUT2D eigenvalue weighted by Gasteiger charge is -2.14. The molecule has 1 atom stereocenters. The van der Waals surface area contributed by atoms with E-state index in [0.29, 0.717) is 11.9 Å². The van der Waals surface area contributed by atoms with Gasteiger partial charge in [0.25, 0.3) is 5.56 Å². The molecule has 0 fully saturated rings. The Hall–Kier alpha value is -1.95. The molecule has 0 saturated carbocycles. The van der Waals surface area contributed by atoms with E-state index in [1.54, 1.807) is 28.4 Å². The molecule has 0 unspecified atom stereocenters. The van der Waals surface area contributed by atoms with E-state index >= 15 is 0 Å². The second-order valence-corrected chi connectivity index (χ2v) is 5.84. The Balaban J connectivity index is 2.00. The first-order chi connectivity index (χ1) is 9.15. The monoisotopic (exact) mass is 274 g/mol. The van der Waals surface area contributed by atoms with Crippen LogP contribution in [-0.2, 0) is 6.54 Å². The molecular weight excluding hydrogens is 260 g/mol. The highest BCUT2D eigenvalue weighted by molar-refractivity contribution is 7.18. The highest BCUT2D eigenvalue weighted by atomic mass is 32.1. The minimum Gasteiger partial charge on any atom is -0.294 e. The van der Waals surface area contributed by atoms with Gasteiger partial charge in [0.05, 0.1) is 24.3 Å². The molecule has 0 N–H and O–H groups in total. The van der Waals surface area contributed by atoms with Crippen LogP contribution in [0.5, 0.6) is 0 Å². The van der Waals surface area contributed by atoms with Gasteiger partial charge in [-0.15, -0.1) is 11.3 Å². The average molecular weight is 274 g/mol. The molecule has 0 amide bonds. The minimum absolute atomic E-state index is 0.0181. The van der Waals surface area contributed by atoms with Crippen LogP contribution in [-0.4, -0.2) is 19.3 Å². The lowest BCUT2D eigenvalue weighted by atomic mass is 10.3. The maximum Gasteiger partial charge on any atom is 0.262 e. The van der Waals surface area contributed by atoms with Crippen LogP contribution in [0.4, 0.5) is 0 Å². The van der Waals surface area contributed by atoms with Gasteiger partial charge in [0.1, 0.15) is 4.83 Å². The maximum atomic E-state index is 12.4. The Morgan fingerprint density at radius 2 is 2.32 bits per heavy atom. The highest BCUT2D eigenvalue weighted by Gasteiger charge is 2.12. The number of fused-ring (bicyclic) bond motifs is 1. The fraction of sp³-hybridized carbons (Fsp3) is 0.308. The lowest BCUT2D eigenvalue weighted by Crippen LogP contribution is -2.26. The summed E-state index contributed by atoms with van der Waals surface area (Å²) in [4.78, 5) is 18.7. The van der Waals surface area contributed by atoms with Crippen LogP contribution >= 0.6 is 11.3 Å². The van der Waals surface area contributed by atoms with Crippen LogP contribution in [0.2, 0.25) is 0 Å².